The number of aromatic nitrogens is 1. The zero-order valence-electron chi connectivity index (χ0n) is 16.3. The van der Waals surface area contributed by atoms with Gasteiger partial charge < -0.3 is 15.5 Å². The highest BCUT2D eigenvalue weighted by Crippen LogP contribution is 2.42. The van der Waals surface area contributed by atoms with E-state index < -0.39 is 28.1 Å². The highest BCUT2D eigenvalue weighted by atomic mass is 32.2. The maximum absolute atomic E-state index is 11.6. The number of carboxylic acid groups (broad SMARTS) is 1. The molecule has 1 atom stereocenters. The molecule has 0 aromatic carbocycles. The van der Waals surface area contributed by atoms with Crippen molar-refractivity contribution in [3.8, 4) is 0 Å². The van der Waals surface area contributed by atoms with E-state index in [4.69, 9.17) is 0 Å². The fourth-order valence-electron chi connectivity index (χ4n) is 4.59. The molecule has 2 heterocycles. The van der Waals surface area contributed by atoms with Gasteiger partial charge in [0.25, 0.3) is 0 Å². The van der Waals surface area contributed by atoms with Crippen molar-refractivity contribution in [1.29, 1.82) is 0 Å². The van der Waals surface area contributed by atoms with E-state index in [0.29, 0.717) is 19.4 Å². The van der Waals surface area contributed by atoms with Gasteiger partial charge in [-0.1, -0.05) is 6.42 Å². The van der Waals surface area contributed by atoms with Gasteiger partial charge in [-0.2, -0.15) is 12.8 Å². The summed E-state index contributed by atoms with van der Waals surface area (Å²) in [6, 6.07) is 2.12. The average Bonchev–Trinajstić information content (AvgIpc) is 2.73. The predicted molar refractivity (Wildman–Crippen MR) is 107 cm³/mol. The maximum atomic E-state index is 11.6. The molecule has 1 aliphatic carbocycles. The van der Waals surface area contributed by atoms with Crippen LogP contribution < -0.4 is 5.32 Å². The van der Waals surface area contributed by atoms with Crippen molar-refractivity contribution < 1.29 is 23.4 Å². The van der Waals surface area contributed by atoms with Crippen LogP contribution in [-0.4, -0.2) is 71.3 Å². The van der Waals surface area contributed by atoms with Gasteiger partial charge in [-0.3, -0.25) is 9.88 Å². The van der Waals surface area contributed by atoms with Gasteiger partial charge in [0.15, 0.2) is 6.04 Å². The van der Waals surface area contributed by atoms with Gasteiger partial charge in [-0.25, -0.2) is 4.79 Å². The standard InChI is InChI=1S/C19H28N4O5S/c24-17(25)16(22-29(27)28)19(26)8-6-18(7-9-19,23-12-2-1-3-13-23)14-21-15-4-10-20-11-5-15/h4-5,10-11,16,26H,1-3,6-9,12-14H2,(H,20,21)(H,24,25). The Labute approximate surface area is 171 Å². The number of hydrogen-bond acceptors (Lipinski definition) is 8. The van der Waals surface area contributed by atoms with Crippen molar-refractivity contribution >= 4 is 22.2 Å². The first-order valence-corrected chi connectivity index (χ1v) is 11.0. The van der Waals surface area contributed by atoms with Gasteiger partial charge >= 0.3 is 16.5 Å². The third kappa shape index (κ3) is 5.12. The number of hydrogen-bond donors (Lipinski definition) is 3. The molecule has 0 spiro atoms. The summed E-state index contributed by atoms with van der Waals surface area (Å²) in [5, 5.41) is 23.8. The minimum Gasteiger partial charge on any atom is -0.480 e. The Bertz CT molecular complexity index is 823. The minimum atomic E-state index is -2.89. The van der Waals surface area contributed by atoms with Crippen LogP contribution in [0.1, 0.15) is 44.9 Å². The van der Waals surface area contributed by atoms with E-state index in [0.717, 1.165) is 31.6 Å². The van der Waals surface area contributed by atoms with Crippen LogP contribution in [-0.2, 0) is 15.3 Å². The average molecular weight is 425 g/mol. The highest BCUT2D eigenvalue weighted by molar-refractivity contribution is 7.61. The largest absolute Gasteiger partial charge is 0.480 e. The molecule has 0 bridgehead atoms. The Morgan fingerprint density at radius 1 is 1.17 bits per heavy atom. The molecular formula is C19H28N4O5S. The topological polar surface area (TPSA) is 132 Å². The molecule has 2 fully saturated rings. The summed E-state index contributed by atoms with van der Waals surface area (Å²) in [6.45, 7) is 2.59. The van der Waals surface area contributed by atoms with E-state index in [-0.39, 0.29) is 18.4 Å². The Kier molecular flexibility index (Phi) is 6.86. The van der Waals surface area contributed by atoms with E-state index >= 15 is 0 Å². The van der Waals surface area contributed by atoms with E-state index in [1.807, 2.05) is 12.1 Å². The number of pyridine rings is 1. The Balaban J connectivity index is 1.79. The van der Waals surface area contributed by atoms with Crippen molar-refractivity contribution in [2.24, 2.45) is 4.36 Å². The molecule has 1 aliphatic heterocycles. The van der Waals surface area contributed by atoms with Crippen LogP contribution in [0.25, 0.3) is 0 Å². The molecule has 1 aromatic heterocycles. The molecule has 160 valence electrons. The van der Waals surface area contributed by atoms with Crippen molar-refractivity contribution in [3.63, 3.8) is 0 Å². The molecule has 3 N–H and O–H groups in total. The predicted octanol–water partition coefficient (Wildman–Crippen LogP) is 1.54. The molecule has 0 amide bonds. The van der Waals surface area contributed by atoms with Crippen LogP contribution in [0.15, 0.2) is 28.9 Å². The van der Waals surface area contributed by atoms with Crippen LogP contribution in [0, 0.1) is 0 Å². The van der Waals surface area contributed by atoms with Gasteiger partial charge in [0.05, 0.1) is 5.60 Å². The van der Waals surface area contributed by atoms with Gasteiger partial charge in [0, 0.05) is 30.2 Å². The van der Waals surface area contributed by atoms with Gasteiger partial charge in [-0.05, 0) is 63.7 Å². The summed E-state index contributed by atoms with van der Waals surface area (Å²) in [4.78, 5) is 18.0. The second-order valence-corrected chi connectivity index (χ2v) is 8.67. The second kappa shape index (κ2) is 9.19. The number of aliphatic hydroxyl groups is 1. The van der Waals surface area contributed by atoms with E-state index in [1.165, 1.54) is 6.42 Å². The Morgan fingerprint density at radius 3 is 2.34 bits per heavy atom. The summed E-state index contributed by atoms with van der Waals surface area (Å²) in [6.07, 6.45) is 8.35. The minimum absolute atomic E-state index is 0.180. The lowest BCUT2D eigenvalue weighted by molar-refractivity contribution is -0.149. The fourth-order valence-corrected chi connectivity index (χ4v) is 5.05. The normalized spacial score (nSPS) is 29.0. The molecule has 9 nitrogen and oxygen atoms in total. The van der Waals surface area contributed by atoms with Gasteiger partial charge in [0.2, 0.25) is 0 Å². The van der Waals surface area contributed by atoms with Crippen molar-refractivity contribution in [1.82, 2.24) is 9.88 Å². The fraction of sp³-hybridized carbons (Fsp3) is 0.684. The molecule has 1 unspecified atom stereocenters. The molecule has 2 aliphatic rings. The molecule has 1 saturated heterocycles. The van der Waals surface area contributed by atoms with Gasteiger partial charge in [0.1, 0.15) is 0 Å². The first-order valence-electron chi connectivity index (χ1n) is 9.99. The Morgan fingerprint density at radius 2 is 1.79 bits per heavy atom. The summed E-state index contributed by atoms with van der Waals surface area (Å²) in [5.41, 5.74) is -0.936. The maximum Gasteiger partial charge on any atom is 0.332 e. The van der Waals surface area contributed by atoms with Crippen LogP contribution >= 0.6 is 0 Å². The monoisotopic (exact) mass is 424 g/mol. The lowest BCUT2D eigenvalue weighted by Gasteiger charge is -2.52. The number of aliphatic carboxylic acids is 1. The Hall–Kier alpha value is -2.04. The number of anilines is 1. The number of rotatable bonds is 7. The zero-order chi connectivity index (χ0) is 20.9. The smallest absolute Gasteiger partial charge is 0.332 e. The SMILES string of the molecule is O=C(O)C(N=S(=O)=O)C1(O)CCC(CNc2ccncc2)(N2CCCCC2)CC1. The third-order valence-electron chi connectivity index (χ3n) is 6.31. The van der Waals surface area contributed by atoms with Crippen LogP contribution in [0.2, 0.25) is 0 Å². The lowest BCUT2D eigenvalue weighted by Crippen LogP contribution is -2.61. The number of carboxylic acids is 1. The number of likely N-dealkylation sites (tertiary alicyclic amines) is 1. The lowest BCUT2D eigenvalue weighted by atomic mass is 9.70. The molecule has 1 saturated carbocycles. The van der Waals surface area contributed by atoms with Gasteiger partial charge in [-0.15, -0.1) is 0 Å². The summed E-state index contributed by atoms with van der Waals surface area (Å²) in [5.74, 6) is -1.42. The third-order valence-corrected chi connectivity index (χ3v) is 6.69. The highest BCUT2D eigenvalue weighted by Gasteiger charge is 2.51. The van der Waals surface area contributed by atoms with E-state index in [9.17, 15) is 23.4 Å². The molecule has 3 rings (SSSR count). The molecular weight excluding hydrogens is 396 g/mol. The summed E-state index contributed by atoms with van der Waals surface area (Å²) < 4.78 is 25.2. The quantitative estimate of drug-likeness (QED) is 0.600. The number of piperidine rings is 1. The van der Waals surface area contributed by atoms with Crippen molar-refractivity contribution in [3.05, 3.63) is 24.5 Å². The molecule has 10 heteroatoms. The first kappa shape index (κ1) is 21.7. The first-order chi connectivity index (χ1) is 13.8. The van der Waals surface area contributed by atoms with Crippen LogP contribution in [0.4, 0.5) is 5.69 Å². The van der Waals surface area contributed by atoms with Crippen molar-refractivity contribution in [2.45, 2.75) is 62.1 Å². The number of nitrogens with zero attached hydrogens (tertiary/aromatic N) is 3. The van der Waals surface area contributed by atoms with E-state index in [1.54, 1.807) is 12.4 Å². The molecule has 0 radical (unpaired) electrons. The number of carbonyl (C=O) groups is 1. The summed E-state index contributed by atoms with van der Waals surface area (Å²) >= 11 is 0. The van der Waals surface area contributed by atoms with E-state index in [2.05, 4.69) is 19.6 Å². The number of nitrogens with one attached hydrogen (secondary N) is 1. The van der Waals surface area contributed by atoms with Crippen molar-refractivity contribution in [2.75, 3.05) is 25.0 Å². The molecule has 29 heavy (non-hydrogen) atoms. The summed E-state index contributed by atoms with van der Waals surface area (Å²) in [7, 11) is -2.89. The second-order valence-electron chi connectivity index (χ2n) is 8.03. The zero-order valence-corrected chi connectivity index (χ0v) is 17.1. The van der Waals surface area contributed by atoms with Crippen LogP contribution in [0.5, 0.6) is 0 Å². The molecule has 1 aromatic rings. The van der Waals surface area contributed by atoms with Crippen LogP contribution in [0.3, 0.4) is 0 Å².